The highest BCUT2D eigenvalue weighted by atomic mass is 32.2. The molecule has 0 amide bonds. The zero-order valence-electron chi connectivity index (χ0n) is 10.2. The molecule has 0 fully saturated rings. The minimum absolute atomic E-state index is 0.124. The third-order valence-electron chi connectivity index (χ3n) is 2.66. The zero-order chi connectivity index (χ0) is 13.6. The van der Waals surface area contributed by atoms with E-state index in [1.165, 1.54) is 0 Å². The van der Waals surface area contributed by atoms with Gasteiger partial charge in [0.05, 0.1) is 6.07 Å². The van der Waals surface area contributed by atoms with Crippen molar-refractivity contribution in [2.24, 2.45) is 5.92 Å². The van der Waals surface area contributed by atoms with E-state index >= 15 is 0 Å². The predicted molar refractivity (Wildman–Crippen MR) is 62.6 cm³/mol. The first-order chi connectivity index (χ1) is 7.80. The molecule has 0 aromatic heterocycles. The van der Waals surface area contributed by atoms with E-state index in [9.17, 15) is 13.2 Å². The molecule has 0 aliphatic rings. The molecule has 0 rings (SSSR count). The second-order valence-corrected chi connectivity index (χ2v) is 5.79. The van der Waals surface area contributed by atoms with Crippen molar-refractivity contribution in [3.8, 4) is 6.07 Å². The highest BCUT2D eigenvalue weighted by Gasteiger charge is 2.32. The molecule has 0 bridgehead atoms. The summed E-state index contributed by atoms with van der Waals surface area (Å²) in [5.41, 5.74) is 0. The Bertz CT molecular complexity index is 399. The van der Waals surface area contributed by atoms with Gasteiger partial charge in [-0.2, -0.15) is 9.98 Å². The van der Waals surface area contributed by atoms with Crippen LogP contribution in [0.2, 0.25) is 0 Å². The monoisotopic (exact) mass is 262 g/mol. The molecule has 0 saturated carbocycles. The quantitative estimate of drug-likeness (QED) is 0.702. The van der Waals surface area contributed by atoms with Crippen LogP contribution in [0.4, 0.5) is 0 Å². The average Bonchev–Trinajstić information content (AvgIpc) is 2.25. The number of hydrogen-bond donors (Lipinski definition) is 2. The topological polar surface area (TPSA) is 107 Å². The maximum Gasteiger partial charge on any atom is 0.322 e. The molecule has 0 spiro atoms. The summed E-state index contributed by atoms with van der Waals surface area (Å²) in [5.74, 6) is -1.56. The zero-order valence-corrected chi connectivity index (χ0v) is 11.0. The van der Waals surface area contributed by atoms with E-state index in [-0.39, 0.29) is 12.3 Å². The summed E-state index contributed by atoms with van der Waals surface area (Å²) in [6, 6.07) is 0.462. The molecular weight excluding hydrogens is 244 g/mol. The van der Waals surface area contributed by atoms with E-state index in [0.717, 1.165) is 0 Å². The van der Waals surface area contributed by atoms with Gasteiger partial charge in [0.25, 0.3) is 0 Å². The molecule has 6 nitrogen and oxygen atoms in total. The molecule has 17 heavy (non-hydrogen) atoms. The van der Waals surface area contributed by atoms with Crippen LogP contribution in [-0.4, -0.2) is 30.8 Å². The molecule has 3 atom stereocenters. The molecule has 3 unspecified atom stereocenters. The van der Waals surface area contributed by atoms with Crippen LogP contribution in [0.1, 0.15) is 33.6 Å². The van der Waals surface area contributed by atoms with E-state index in [0.29, 0.717) is 6.42 Å². The van der Waals surface area contributed by atoms with Crippen LogP contribution in [0.3, 0.4) is 0 Å². The first-order valence-corrected chi connectivity index (χ1v) is 6.98. The first kappa shape index (κ1) is 15.9. The third-order valence-corrected chi connectivity index (χ3v) is 4.43. The summed E-state index contributed by atoms with van der Waals surface area (Å²) in [6.07, 6.45) is 0.654. The summed E-state index contributed by atoms with van der Waals surface area (Å²) in [7, 11) is -3.91. The van der Waals surface area contributed by atoms with Crippen molar-refractivity contribution in [2.75, 3.05) is 0 Å². The lowest BCUT2D eigenvalue weighted by molar-refractivity contribution is -0.140. The number of carboxylic acids is 1. The third kappa shape index (κ3) is 4.32. The summed E-state index contributed by atoms with van der Waals surface area (Å²) < 4.78 is 25.6. The molecule has 2 N–H and O–H groups in total. The second-order valence-electron chi connectivity index (χ2n) is 3.89. The minimum atomic E-state index is -3.91. The van der Waals surface area contributed by atoms with E-state index in [4.69, 9.17) is 10.4 Å². The average molecular weight is 262 g/mol. The SMILES string of the molecule is CCC(C)C(NS(=O)(=O)C(C#N)CC)C(=O)O. The molecule has 0 aliphatic heterocycles. The number of nitrogens with zero attached hydrogens (tertiary/aromatic N) is 1. The maximum absolute atomic E-state index is 11.7. The number of nitriles is 1. The van der Waals surface area contributed by atoms with Crippen LogP contribution >= 0.6 is 0 Å². The van der Waals surface area contributed by atoms with Crippen LogP contribution in [0.5, 0.6) is 0 Å². The molecule has 0 heterocycles. The Morgan fingerprint density at radius 1 is 1.41 bits per heavy atom. The molecule has 7 heteroatoms. The van der Waals surface area contributed by atoms with Crippen molar-refractivity contribution >= 4 is 16.0 Å². The smallest absolute Gasteiger partial charge is 0.322 e. The molecule has 0 aromatic rings. The number of nitrogens with one attached hydrogen (secondary N) is 1. The number of rotatable bonds is 7. The number of sulfonamides is 1. The van der Waals surface area contributed by atoms with Crippen LogP contribution in [-0.2, 0) is 14.8 Å². The van der Waals surface area contributed by atoms with E-state index in [1.54, 1.807) is 26.8 Å². The molecule has 0 saturated heterocycles. The largest absolute Gasteiger partial charge is 0.480 e. The normalized spacial score (nSPS) is 16.8. The summed E-state index contributed by atoms with van der Waals surface area (Å²) in [4.78, 5) is 11.0. The minimum Gasteiger partial charge on any atom is -0.480 e. The van der Waals surface area contributed by atoms with Gasteiger partial charge in [-0.25, -0.2) is 8.42 Å². The Balaban J connectivity index is 5.02. The Kier molecular flexibility index (Phi) is 6.13. The number of aliphatic carboxylic acids is 1. The molecule has 98 valence electrons. The summed E-state index contributed by atoms with van der Waals surface area (Å²) in [5, 5.41) is 16.4. The van der Waals surface area contributed by atoms with Crippen molar-refractivity contribution in [1.82, 2.24) is 4.72 Å². The van der Waals surface area contributed by atoms with Gasteiger partial charge >= 0.3 is 5.97 Å². The molecule has 0 aliphatic carbocycles. The highest BCUT2D eigenvalue weighted by molar-refractivity contribution is 7.90. The summed E-state index contributed by atoms with van der Waals surface area (Å²) >= 11 is 0. The molecule has 0 radical (unpaired) electrons. The summed E-state index contributed by atoms with van der Waals surface area (Å²) in [6.45, 7) is 4.98. The van der Waals surface area contributed by atoms with Gasteiger partial charge in [-0.05, 0) is 12.3 Å². The van der Waals surface area contributed by atoms with Crippen molar-refractivity contribution in [3.63, 3.8) is 0 Å². The van der Waals surface area contributed by atoms with E-state index in [2.05, 4.69) is 4.72 Å². The number of hydrogen-bond acceptors (Lipinski definition) is 4. The lowest BCUT2D eigenvalue weighted by atomic mass is 10.0. The molecular formula is C10H18N2O4S. The lowest BCUT2D eigenvalue weighted by Crippen LogP contribution is -2.47. The maximum atomic E-state index is 11.7. The second kappa shape index (κ2) is 6.57. The standard InChI is InChI=1S/C10H18N2O4S/c1-4-7(3)9(10(13)14)12-17(15,16)8(5-2)6-11/h7-9,12H,4-5H2,1-3H3,(H,13,14). The Morgan fingerprint density at radius 2 is 1.94 bits per heavy atom. The van der Waals surface area contributed by atoms with Crippen LogP contribution < -0.4 is 4.72 Å². The van der Waals surface area contributed by atoms with Gasteiger partial charge in [0.15, 0.2) is 5.25 Å². The van der Waals surface area contributed by atoms with Crippen LogP contribution in [0, 0.1) is 17.2 Å². The fraction of sp³-hybridized carbons (Fsp3) is 0.800. The van der Waals surface area contributed by atoms with Gasteiger partial charge < -0.3 is 5.11 Å². The predicted octanol–water partition coefficient (Wildman–Crippen LogP) is 0.707. The Hall–Kier alpha value is -1.13. The Labute approximate surface area is 102 Å². The van der Waals surface area contributed by atoms with Gasteiger partial charge in [0.2, 0.25) is 10.0 Å². The van der Waals surface area contributed by atoms with E-state index in [1.807, 2.05) is 0 Å². The van der Waals surface area contributed by atoms with Gasteiger partial charge in [-0.1, -0.05) is 27.2 Å². The van der Waals surface area contributed by atoms with Crippen LogP contribution in [0.25, 0.3) is 0 Å². The van der Waals surface area contributed by atoms with Crippen molar-refractivity contribution in [3.05, 3.63) is 0 Å². The van der Waals surface area contributed by atoms with Gasteiger partial charge in [0.1, 0.15) is 6.04 Å². The first-order valence-electron chi connectivity index (χ1n) is 5.43. The highest BCUT2D eigenvalue weighted by Crippen LogP contribution is 2.12. The fourth-order valence-electron chi connectivity index (χ4n) is 1.28. The number of carbonyl (C=O) groups is 1. The molecule has 0 aromatic carbocycles. The number of carboxylic acid groups (broad SMARTS) is 1. The van der Waals surface area contributed by atoms with Gasteiger partial charge in [-0.15, -0.1) is 0 Å². The fourth-order valence-corrected chi connectivity index (χ4v) is 2.71. The van der Waals surface area contributed by atoms with Gasteiger partial charge in [-0.3, -0.25) is 4.79 Å². The van der Waals surface area contributed by atoms with Crippen LogP contribution in [0.15, 0.2) is 0 Å². The van der Waals surface area contributed by atoms with Crippen molar-refractivity contribution in [1.29, 1.82) is 5.26 Å². The van der Waals surface area contributed by atoms with E-state index < -0.39 is 27.3 Å². The van der Waals surface area contributed by atoms with Crippen molar-refractivity contribution in [2.45, 2.75) is 44.9 Å². The lowest BCUT2D eigenvalue weighted by Gasteiger charge is -2.21. The Morgan fingerprint density at radius 3 is 2.24 bits per heavy atom. The van der Waals surface area contributed by atoms with Crippen molar-refractivity contribution < 1.29 is 18.3 Å². The van der Waals surface area contributed by atoms with Gasteiger partial charge in [0, 0.05) is 0 Å².